The summed E-state index contributed by atoms with van der Waals surface area (Å²) in [6, 6.07) is 7.61. The highest BCUT2D eigenvalue weighted by atomic mass is 16.3. The Morgan fingerprint density at radius 2 is 2.00 bits per heavy atom. The zero-order chi connectivity index (χ0) is 13.1. The molecule has 0 bridgehead atoms. The highest BCUT2D eigenvalue weighted by molar-refractivity contribution is 5.89. The number of nitrogen functional groups attached to an aromatic ring is 1. The number of aliphatic hydroxyl groups excluding tert-OH is 1. The number of benzene rings is 1. The van der Waals surface area contributed by atoms with E-state index in [2.05, 4.69) is 15.3 Å². The van der Waals surface area contributed by atoms with E-state index in [1.807, 2.05) is 38.1 Å². The number of nitrogens with zero attached hydrogens (tertiary/aromatic N) is 2. The molecule has 0 saturated heterocycles. The van der Waals surface area contributed by atoms with E-state index in [0.717, 1.165) is 10.9 Å². The van der Waals surface area contributed by atoms with Gasteiger partial charge in [0.25, 0.3) is 0 Å². The maximum atomic E-state index is 9.36. The van der Waals surface area contributed by atoms with Crippen molar-refractivity contribution in [3.8, 4) is 0 Å². The van der Waals surface area contributed by atoms with Crippen LogP contribution in [-0.4, -0.2) is 27.7 Å². The zero-order valence-electron chi connectivity index (χ0n) is 10.6. The lowest BCUT2D eigenvalue weighted by Gasteiger charge is -2.21. The van der Waals surface area contributed by atoms with Gasteiger partial charge < -0.3 is 16.2 Å². The van der Waals surface area contributed by atoms with Crippen molar-refractivity contribution in [1.29, 1.82) is 0 Å². The Hall–Kier alpha value is -1.88. The Kier molecular flexibility index (Phi) is 3.62. The SMILES string of the molecule is CC(C)[C@@H](CO)Nc1nc(N)nc2ccccc12. The van der Waals surface area contributed by atoms with Gasteiger partial charge >= 0.3 is 0 Å². The van der Waals surface area contributed by atoms with Crippen LogP contribution in [0.1, 0.15) is 13.8 Å². The fourth-order valence-corrected chi connectivity index (χ4v) is 1.80. The molecule has 0 radical (unpaired) electrons. The topological polar surface area (TPSA) is 84.1 Å². The average Bonchev–Trinajstić information content (AvgIpc) is 2.35. The number of hydrogen-bond donors (Lipinski definition) is 3. The molecule has 96 valence electrons. The Balaban J connectivity index is 2.43. The van der Waals surface area contributed by atoms with Crippen molar-refractivity contribution in [3.63, 3.8) is 0 Å². The standard InChI is InChI=1S/C13H18N4O/c1-8(2)11(7-18)15-12-9-5-3-4-6-10(9)16-13(14)17-12/h3-6,8,11,18H,7H2,1-2H3,(H3,14,15,16,17)/t11-/m1/s1. The van der Waals surface area contributed by atoms with Gasteiger partial charge in [-0.2, -0.15) is 4.98 Å². The van der Waals surface area contributed by atoms with Crippen molar-refractivity contribution in [2.75, 3.05) is 17.7 Å². The van der Waals surface area contributed by atoms with Crippen molar-refractivity contribution in [2.24, 2.45) is 5.92 Å². The summed E-state index contributed by atoms with van der Waals surface area (Å²) in [4.78, 5) is 8.39. The van der Waals surface area contributed by atoms with Crippen molar-refractivity contribution in [2.45, 2.75) is 19.9 Å². The van der Waals surface area contributed by atoms with Crippen LogP contribution in [0.5, 0.6) is 0 Å². The van der Waals surface area contributed by atoms with Gasteiger partial charge in [0.2, 0.25) is 5.95 Å². The molecule has 1 atom stereocenters. The molecule has 0 amide bonds. The van der Waals surface area contributed by atoms with E-state index < -0.39 is 0 Å². The number of hydrogen-bond acceptors (Lipinski definition) is 5. The summed E-state index contributed by atoms with van der Waals surface area (Å²) in [6.07, 6.45) is 0. The van der Waals surface area contributed by atoms with E-state index in [1.165, 1.54) is 0 Å². The number of aliphatic hydroxyl groups is 1. The van der Waals surface area contributed by atoms with Crippen molar-refractivity contribution >= 4 is 22.7 Å². The van der Waals surface area contributed by atoms with Crippen LogP contribution in [0.3, 0.4) is 0 Å². The highest BCUT2D eigenvalue weighted by Gasteiger charge is 2.14. The summed E-state index contributed by atoms with van der Waals surface area (Å²) >= 11 is 0. The molecule has 5 heteroatoms. The molecule has 4 N–H and O–H groups in total. The van der Waals surface area contributed by atoms with E-state index in [4.69, 9.17) is 5.73 Å². The summed E-state index contributed by atoms with van der Waals surface area (Å²) in [5, 5.41) is 13.5. The van der Waals surface area contributed by atoms with Crippen LogP contribution in [0.2, 0.25) is 0 Å². The van der Waals surface area contributed by atoms with E-state index in [9.17, 15) is 5.11 Å². The van der Waals surface area contributed by atoms with Crippen LogP contribution in [-0.2, 0) is 0 Å². The van der Waals surface area contributed by atoms with Gasteiger partial charge in [-0.1, -0.05) is 26.0 Å². The number of nitrogens with two attached hydrogens (primary N) is 1. The van der Waals surface area contributed by atoms with Crippen LogP contribution in [0.25, 0.3) is 10.9 Å². The lowest BCUT2D eigenvalue weighted by Crippen LogP contribution is -2.30. The molecule has 0 aliphatic rings. The predicted molar refractivity (Wildman–Crippen MR) is 73.3 cm³/mol. The molecule has 18 heavy (non-hydrogen) atoms. The number of fused-ring (bicyclic) bond motifs is 1. The monoisotopic (exact) mass is 246 g/mol. The fourth-order valence-electron chi connectivity index (χ4n) is 1.80. The minimum Gasteiger partial charge on any atom is -0.394 e. The molecule has 1 aromatic heterocycles. The molecule has 1 heterocycles. The second-order valence-electron chi connectivity index (χ2n) is 4.62. The van der Waals surface area contributed by atoms with E-state index >= 15 is 0 Å². The number of para-hydroxylation sites is 1. The number of rotatable bonds is 4. The Labute approximate surface area is 106 Å². The molecule has 0 unspecified atom stereocenters. The Morgan fingerprint density at radius 1 is 1.28 bits per heavy atom. The van der Waals surface area contributed by atoms with E-state index in [0.29, 0.717) is 11.7 Å². The third-order valence-corrected chi connectivity index (χ3v) is 2.94. The first-order chi connectivity index (χ1) is 8.61. The minimum atomic E-state index is -0.0530. The van der Waals surface area contributed by atoms with E-state index in [-0.39, 0.29) is 18.6 Å². The predicted octanol–water partition coefficient (Wildman–Crippen LogP) is 1.64. The first-order valence-electron chi connectivity index (χ1n) is 6.01. The van der Waals surface area contributed by atoms with Gasteiger partial charge in [-0.15, -0.1) is 0 Å². The smallest absolute Gasteiger partial charge is 0.222 e. The highest BCUT2D eigenvalue weighted by Crippen LogP contribution is 2.22. The molecular weight excluding hydrogens is 228 g/mol. The molecule has 2 aromatic rings. The van der Waals surface area contributed by atoms with Crippen LogP contribution in [0, 0.1) is 5.92 Å². The second-order valence-corrected chi connectivity index (χ2v) is 4.62. The van der Waals surface area contributed by atoms with Gasteiger partial charge in [-0.3, -0.25) is 0 Å². The number of nitrogens with one attached hydrogen (secondary N) is 1. The summed E-state index contributed by atoms with van der Waals surface area (Å²) in [6.45, 7) is 4.14. The van der Waals surface area contributed by atoms with Crippen molar-refractivity contribution in [1.82, 2.24) is 9.97 Å². The summed E-state index contributed by atoms with van der Waals surface area (Å²) in [7, 11) is 0. The lowest BCUT2D eigenvalue weighted by molar-refractivity contribution is 0.249. The van der Waals surface area contributed by atoms with E-state index in [1.54, 1.807) is 0 Å². The van der Waals surface area contributed by atoms with Gasteiger partial charge in [-0.25, -0.2) is 4.98 Å². The van der Waals surface area contributed by atoms with Crippen LogP contribution in [0.15, 0.2) is 24.3 Å². The molecule has 0 aliphatic carbocycles. The van der Waals surface area contributed by atoms with Gasteiger partial charge in [0.05, 0.1) is 18.2 Å². The summed E-state index contributed by atoms with van der Waals surface area (Å²) in [5.41, 5.74) is 6.49. The summed E-state index contributed by atoms with van der Waals surface area (Å²) in [5.74, 6) is 1.20. The molecule has 5 nitrogen and oxygen atoms in total. The van der Waals surface area contributed by atoms with Crippen molar-refractivity contribution in [3.05, 3.63) is 24.3 Å². The zero-order valence-corrected chi connectivity index (χ0v) is 10.6. The van der Waals surface area contributed by atoms with Gasteiger partial charge in [0.15, 0.2) is 0 Å². The quantitative estimate of drug-likeness (QED) is 0.763. The maximum Gasteiger partial charge on any atom is 0.222 e. The normalized spacial score (nSPS) is 12.9. The Bertz CT molecular complexity index is 542. The number of aromatic nitrogens is 2. The largest absolute Gasteiger partial charge is 0.394 e. The maximum absolute atomic E-state index is 9.36. The average molecular weight is 246 g/mol. The third-order valence-electron chi connectivity index (χ3n) is 2.94. The Morgan fingerprint density at radius 3 is 2.67 bits per heavy atom. The van der Waals surface area contributed by atoms with Gasteiger partial charge in [0.1, 0.15) is 5.82 Å². The van der Waals surface area contributed by atoms with Gasteiger partial charge in [-0.05, 0) is 18.1 Å². The second kappa shape index (κ2) is 5.18. The molecule has 2 rings (SSSR count). The number of anilines is 2. The third kappa shape index (κ3) is 2.51. The van der Waals surface area contributed by atoms with Gasteiger partial charge in [0, 0.05) is 5.39 Å². The minimum absolute atomic E-state index is 0.0515. The molecule has 0 saturated carbocycles. The first-order valence-corrected chi connectivity index (χ1v) is 6.01. The first kappa shape index (κ1) is 12.6. The molecule has 0 fully saturated rings. The molecule has 0 spiro atoms. The fraction of sp³-hybridized carbons (Fsp3) is 0.385. The van der Waals surface area contributed by atoms with Crippen LogP contribution >= 0.6 is 0 Å². The van der Waals surface area contributed by atoms with Crippen molar-refractivity contribution < 1.29 is 5.11 Å². The lowest BCUT2D eigenvalue weighted by atomic mass is 10.1. The van der Waals surface area contributed by atoms with Crippen LogP contribution in [0.4, 0.5) is 11.8 Å². The molecule has 0 aliphatic heterocycles. The molecule has 1 aromatic carbocycles. The van der Waals surface area contributed by atoms with Crippen LogP contribution < -0.4 is 11.1 Å². The molecular formula is C13H18N4O. The summed E-state index contributed by atoms with van der Waals surface area (Å²) < 4.78 is 0.